The van der Waals surface area contributed by atoms with Crippen molar-refractivity contribution in [3.63, 3.8) is 0 Å². The summed E-state index contributed by atoms with van der Waals surface area (Å²) in [5.74, 6) is -0.769. The second kappa shape index (κ2) is 6.56. The molecular formula is C17H20N2O4. The summed E-state index contributed by atoms with van der Waals surface area (Å²) in [6, 6.07) is 5.48. The maximum atomic E-state index is 12.7. The molecule has 1 heterocycles. The summed E-state index contributed by atoms with van der Waals surface area (Å²) in [6.45, 7) is 3.70. The van der Waals surface area contributed by atoms with Crippen molar-refractivity contribution in [2.45, 2.75) is 20.3 Å². The lowest BCUT2D eigenvalue weighted by Crippen LogP contribution is -2.17. The highest BCUT2D eigenvalue weighted by Gasteiger charge is 2.21. The third-order valence-corrected chi connectivity index (χ3v) is 3.64. The molecule has 0 spiro atoms. The monoisotopic (exact) mass is 316 g/mol. The molecule has 2 rings (SSSR count). The number of hydrogen-bond donors (Lipinski definition) is 2. The number of anilines is 1. The number of rotatable bonds is 5. The maximum absolute atomic E-state index is 12.7. The van der Waals surface area contributed by atoms with Gasteiger partial charge in [-0.2, -0.15) is 0 Å². The van der Waals surface area contributed by atoms with Gasteiger partial charge in [-0.15, -0.1) is 0 Å². The first-order chi connectivity index (χ1) is 10.8. The number of aromatic nitrogens is 1. The third kappa shape index (κ3) is 3.53. The average molecular weight is 316 g/mol. The van der Waals surface area contributed by atoms with Gasteiger partial charge in [0.2, 0.25) is 0 Å². The number of carboxylic acid groups (broad SMARTS) is 1. The first kappa shape index (κ1) is 16.6. The van der Waals surface area contributed by atoms with Gasteiger partial charge in [-0.05, 0) is 37.1 Å². The van der Waals surface area contributed by atoms with Gasteiger partial charge < -0.3 is 19.7 Å². The van der Waals surface area contributed by atoms with Crippen LogP contribution in [0.4, 0.5) is 5.69 Å². The summed E-state index contributed by atoms with van der Waals surface area (Å²) in [5, 5.41) is 11.9. The molecule has 0 saturated carbocycles. The molecule has 0 bridgehead atoms. The van der Waals surface area contributed by atoms with Crippen LogP contribution < -0.4 is 10.1 Å². The number of nitrogens with one attached hydrogen (secondary N) is 1. The van der Waals surface area contributed by atoms with Crippen molar-refractivity contribution in [3.05, 3.63) is 46.8 Å². The summed E-state index contributed by atoms with van der Waals surface area (Å²) < 4.78 is 6.93. The molecule has 122 valence electrons. The molecule has 0 saturated heterocycles. The van der Waals surface area contributed by atoms with Gasteiger partial charge in [0.15, 0.2) is 0 Å². The topological polar surface area (TPSA) is 80.6 Å². The Hall–Kier alpha value is -2.76. The fourth-order valence-electron chi connectivity index (χ4n) is 2.61. The Morgan fingerprint density at radius 3 is 2.61 bits per heavy atom. The van der Waals surface area contributed by atoms with Crippen molar-refractivity contribution in [2.24, 2.45) is 7.05 Å². The summed E-state index contributed by atoms with van der Waals surface area (Å²) >= 11 is 0. The van der Waals surface area contributed by atoms with E-state index in [1.807, 2.05) is 19.1 Å². The standard InChI is InChI=1S/C17H20N2O4/c1-10-5-6-14(23-4)12(7-10)18-17(22)16-11(2)9-19(3)13(16)8-15(20)21/h5-7,9H,8H2,1-4H3,(H,18,22)(H,20,21). The van der Waals surface area contributed by atoms with E-state index in [4.69, 9.17) is 9.84 Å². The van der Waals surface area contributed by atoms with E-state index in [-0.39, 0.29) is 12.3 Å². The molecule has 23 heavy (non-hydrogen) atoms. The third-order valence-electron chi connectivity index (χ3n) is 3.64. The number of nitrogens with zero attached hydrogens (tertiary/aromatic N) is 1. The Labute approximate surface area is 134 Å². The Morgan fingerprint density at radius 2 is 2.00 bits per heavy atom. The maximum Gasteiger partial charge on any atom is 0.309 e. The van der Waals surface area contributed by atoms with E-state index in [1.165, 1.54) is 7.11 Å². The van der Waals surface area contributed by atoms with Crippen LogP contribution in [-0.2, 0) is 18.3 Å². The van der Waals surface area contributed by atoms with Gasteiger partial charge in [-0.1, -0.05) is 6.07 Å². The van der Waals surface area contributed by atoms with Crippen LogP contribution in [0.1, 0.15) is 27.2 Å². The highest BCUT2D eigenvalue weighted by atomic mass is 16.5. The van der Waals surface area contributed by atoms with Gasteiger partial charge in [0.05, 0.1) is 24.8 Å². The molecule has 6 heteroatoms. The van der Waals surface area contributed by atoms with Gasteiger partial charge >= 0.3 is 5.97 Å². The minimum absolute atomic E-state index is 0.210. The lowest BCUT2D eigenvalue weighted by molar-refractivity contribution is -0.136. The number of carbonyl (C=O) groups excluding carboxylic acids is 1. The lowest BCUT2D eigenvalue weighted by Gasteiger charge is -2.12. The number of carbonyl (C=O) groups is 2. The van der Waals surface area contributed by atoms with Gasteiger partial charge in [-0.3, -0.25) is 9.59 Å². The van der Waals surface area contributed by atoms with Gasteiger partial charge in [0, 0.05) is 18.9 Å². The molecule has 1 amide bonds. The molecule has 0 aliphatic rings. The van der Waals surface area contributed by atoms with Gasteiger partial charge in [0.1, 0.15) is 5.75 Å². The Bertz CT molecular complexity index is 762. The van der Waals surface area contributed by atoms with Crippen LogP contribution in [0.5, 0.6) is 5.75 Å². The number of aryl methyl sites for hydroxylation is 3. The molecular weight excluding hydrogens is 296 g/mol. The number of ether oxygens (including phenoxy) is 1. The average Bonchev–Trinajstić information content (AvgIpc) is 2.72. The van der Waals surface area contributed by atoms with Crippen LogP contribution in [0.25, 0.3) is 0 Å². The molecule has 2 aromatic rings. The van der Waals surface area contributed by atoms with Crippen LogP contribution >= 0.6 is 0 Å². The first-order valence-electron chi connectivity index (χ1n) is 7.16. The van der Waals surface area contributed by atoms with Crippen molar-refractivity contribution in [1.82, 2.24) is 4.57 Å². The molecule has 1 aromatic heterocycles. The normalized spacial score (nSPS) is 10.4. The fourth-order valence-corrected chi connectivity index (χ4v) is 2.61. The van der Waals surface area contributed by atoms with Crippen LogP contribution in [-0.4, -0.2) is 28.7 Å². The quantitative estimate of drug-likeness (QED) is 0.888. The molecule has 1 aromatic carbocycles. The Balaban J connectivity index is 2.39. The van der Waals surface area contributed by atoms with E-state index < -0.39 is 5.97 Å². The molecule has 6 nitrogen and oxygen atoms in total. The number of methoxy groups -OCH3 is 1. The van der Waals surface area contributed by atoms with E-state index in [2.05, 4.69) is 5.32 Å². The van der Waals surface area contributed by atoms with Gasteiger partial charge in [0.25, 0.3) is 5.91 Å². The zero-order chi connectivity index (χ0) is 17.1. The molecule has 0 fully saturated rings. The molecule has 0 radical (unpaired) electrons. The fraction of sp³-hybridized carbons (Fsp3) is 0.294. The van der Waals surface area contributed by atoms with Crippen LogP contribution in [0.2, 0.25) is 0 Å². The van der Waals surface area contributed by atoms with Crippen molar-refractivity contribution in [2.75, 3.05) is 12.4 Å². The number of hydrogen-bond acceptors (Lipinski definition) is 3. The van der Waals surface area contributed by atoms with Crippen molar-refractivity contribution >= 4 is 17.6 Å². The van der Waals surface area contributed by atoms with Crippen LogP contribution in [0, 0.1) is 13.8 Å². The zero-order valence-electron chi connectivity index (χ0n) is 13.6. The van der Waals surface area contributed by atoms with E-state index in [1.54, 1.807) is 30.8 Å². The van der Waals surface area contributed by atoms with Crippen LogP contribution in [0.15, 0.2) is 24.4 Å². The largest absolute Gasteiger partial charge is 0.495 e. The summed E-state index contributed by atoms with van der Waals surface area (Å²) in [4.78, 5) is 23.7. The zero-order valence-corrected chi connectivity index (χ0v) is 13.6. The van der Waals surface area contributed by atoms with Crippen molar-refractivity contribution < 1.29 is 19.4 Å². The smallest absolute Gasteiger partial charge is 0.309 e. The molecule has 0 unspecified atom stereocenters. The minimum atomic E-state index is -0.978. The number of carboxylic acids is 1. The predicted octanol–water partition coefficient (Wildman–Crippen LogP) is 2.53. The van der Waals surface area contributed by atoms with E-state index in [0.717, 1.165) is 11.1 Å². The van der Waals surface area contributed by atoms with Crippen molar-refractivity contribution in [1.29, 1.82) is 0 Å². The number of aliphatic carboxylic acids is 1. The second-order valence-corrected chi connectivity index (χ2v) is 5.47. The first-order valence-corrected chi connectivity index (χ1v) is 7.16. The summed E-state index contributed by atoms with van der Waals surface area (Å²) in [5.41, 5.74) is 3.13. The SMILES string of the molecule is COc1ccc(C)cc1NC(=O)c1c(C)cn(C)c1CC(=O)O. The molecule has 0 atom stereocenters. The lowest BCUT2D eigenvalue weighted by atomic mass is 10.1. The van der Waals surface area contributed by atoms with E-state index in [9.17, 15) is 9.59 Å². The number of amides is 1. The highest BCUT2D eigenvalue weighted by molar-refractivity contribution is 6.07. The highest BCUT2D eigenvalue weighted by Crippen LogP contribution is 2.27. The summed E-state index contributed by atoms with van der Waals surface area (Å²) in [6.07, 6.45) is 1.54. The van der Waals surface area contributed by atoms with E-state index in [0.29, 0.717) is 22.7 Å². The van der Waals surface area contributed by atoms with Gasteiger partial charge in [-0.25, -0.2) is 0 Å². The molecule has 0 aliphatic carbocycles. The second-order valence-electron chi connectivity index (χ2n) is 5.47. The van der Waals surface area contributed by atoms with E-state index >= 15 is 0 Å². The predicted molar refractivity (Wildman–Crippen MR) is 87.2 cm³/mol. The molecule has 2 N–H and O–H groups in total. The minimum Gasteiger partial charge on any atom is -0.495 e. The Kier molecular flexibility index (Phi) is 4.74. The summed E-state index contributed by atoms with van der Waals surface area (Å²) in [7, 11) is 3.26. The van der Waals surface area contributed by atoms with Crippen LogP contribution in [0.3, 0.4) is 0 Å². The number of benzene rings is 1. The van der Waals surface area contributed by atoms with Crippen molar-refractivity contribution in [3.8, 4) is 5.75 Å². The molecule has 0 aliphatic heterocycles. The Morgan fingerprint density at radius 1 is 1.30 bits per heavy atom.